The molecule has 1 saturated carbocycles. The van der Waals surface area contributed by atoms with Crippen molar-refractivity contribution in [3.8, 4) is 5.75 Å². The summed E-state index contributed by atoms with van der Waals surface area (Å²) in [4.78, 5) is 0. The van der Waals surface area contributed by atoms with E-state index in [9.17, 15) is 5.11 Å². The molecule has 1 aromatic carbocycles. The van der Waals surface area contributed by atoms with Crippen LogP contribution in [-0.2, 0) is 12.8 Å². The molecule has 1 aromatic rings. The number of hydrogen-bond acceptors (Lipinski definition) is 2. The third-order valence-corrected chi connectivity index (χ3v) is 2.99. The molecule has 0 aliphatic heterocycles. The predicted octanol–water partition coefficient (Wildman–Crippen LogP) is 1.99. The highest BCUT2D eigenvalue weighted by Crippen LogP contribution is 2.37. The van der Waals surface area contributed by atoms with E-state index in [-0.39, 0.29) is 5.54 Å². The third kappa shape index (κ3) is 1.90. The second-order valence-corrected chi connectivity index (χ2v) is 4.36. The van der Waals surface area contributed by atoms with E-state index in [0.717, 1.165) is 31.2 Å². The van der Waals surface area contributed by atoms with Gasteiger partial charge in [-0.05, 0) is 42.9 Å². The molecule has 0 atom stereocenters. The molecule has 3 N–H and O–H groups in total. The Bertz CT molecular complexity index is 342. The number of benzene rings is 1. The second kappa shape index (κ2) is 3.28. The summed E-state index contributed by atoms with van der Waals surface area (Å²) in [5.41, 5.74) is 8.27. The SMILES string of the molecule is CCc1ccc(O)c(CC2(N)CC2)c1. The fourth-order valence-corrected chi connectivity index (χ4v) is 1.72. The molecule has 0 radical (unpaired) electrons. The van der Waals surface area contributed by atoms with Crippen molar-refractivity contribution in [3.63, 3.8) is 0 Å². The average molecular weight is 191 g/mol. The van der Waals surface area contributed by atoms with Crippen LogP contribution < -0.4 is 5.73 Å². The minimum Gasteiger partial charge on any atom is -0.508 e. The molecule has 76 valence electrons. The van der Waals surface area contributed by atoms with E-state index in [1.54, 1.807) is 6.07 Å². The summed E-state index contributed by atoms with van der Waals surface area (Å²) in [6.45, 7) is 2.12. The first-order valence-electron chi connectivity index (χ1n) is 5.23. The number of aromatic hydroxyl groups is 1. The number of hydrogen-bond donors (Lipinski definition) is 2. The molecule has 2 heteroatoms. The van der Waals surface area contributed by atoms with Gasteiger partial charge in [-0.25, -0.2) is 0 Å². The lowest BCUT2D eigenvalue weighted by Gasteiger charge is -2.11. The van der Waals surface area contributed by atoms with Gasteiger partial charge >= 0.3 is 0 Å². The quantitative estimate of drug-likeness (QED) is 0.767. The highest BCUT2D eigenvalue weighted by atomic mass is 16.3. The standard InChI is InChI=1S/C12H17NO/c1-2-9-3-4-11(14)10(7-9)8-12(13)5-6-12/h3-4,7,14H,2,5-6,8,13H2,1H3. The molecule has 14 heavy (non-hydrogen) atoms. The summed E-state index contributed by atoms with van der Waals surface area (Å²) in [5.74, 6) is 0.388. The Morgan fingerprint density at radius 3 is 2.71 bits per heavy atom. The molecule has 0 aromatic heterocycles. The zero-order chi connectivity index (χ0) is 10.2. The van der Waals surface area contributed by atoms with E-state index in [4.69, 9.17) is 5.73 Å². The van der Waals surface area contributed by atoms with Crippen LogP contribution in [0.5, 0.6) is 5.75 Å². The van der Waals surface area contributed by atoms with Crippen molar-refractivity contribution in [2.24, 2.45) is 5.73 Å². The lowest BCUT2D eigenvalue weighted by atomic mass is 10.0. The Morgan fingerprint density at radius 2 is 2.14 bits per heavy atom. The normalized spacial score (nSPS) is 18.1. The summed E-state index contributed by atoms with van der Waals surface area (Å²) < 4.78 is 0. The van der Waals surface area contributed by atoms with Gasteiger partial charge in [-0.3, -0.25) is 0 Å². The van der Waals surface area contributed by atoms with Crippen LogP contribution in [-0.4, -0.2) is 10.6 Å². The monoisotopic (exact) mass is 191 g/mol. The highest BCUT2D eigenvalue weighted by Gasteiger charge is 2.38. The molecular formula is C12H17NO. The van der Waals surface area contributed by atoms with Gasteiger partial charge in [0.05, 0.1) is 0 Å². The molecule has 1 aliphatic carbocycles. The van der Waals surface area contributed by atoms with Crippen LogP contribution in [0.1, 0.15) is 30.9 Å². The van der Waals surface area contributed by atoms with Gasteiger partial charge in [0.25, 0.3) is 0 Å². The van der Waals surface area contributed by atoms with Gasteiger partial charge in [0.15, 0.2) is 0 Å². The van der Waals surface area contributed by atoms with Crippen LogP contribution >= 0.6 is 0 Å². The topological polar surface area (TPSA) is 46.2 Å². The fraction of sp³-hybridized carbons (Fsp3) is 0.500. The van der Waals surface area contributed by atoms with E-state index < -0.39 is 0 Å². The largest absolute Gasteiger partial charge is 0.508 e. The van der Waals surface area contributed by atoms with Crippen molar-refractivity contribution in [2.75, 3.05) is 0 Å². The van der Waals surface area contributed by atoms with Crippen molar-refractivity contribution in [3.05, 3.63) is 29.3 Å². The maximum Gasteiger partial charge on any atom is 0.118 e. The van der Waals surface area contributed by atoms with Gasteiger partial charge in [-0.1, -0.05) is 19.1 Å². The van der Waals surface area contributed by atoms with E-state index in [1.807, 2.05) is 6.07 Å². The molecule has 0 saturated heterocycles. The maximum atomic E-state index is 9.67. The summed E-state index contributed by atoms with van der Waals surface area (Å²) in [5, 5.41) is 9.67. The summed E-state index contributed by atoms with van der Waals surface area (Å²) in [6.07, 6.45) is 3.99. The summed E-state index contributed by atoms with van der Waals surface area (Å²) in [6, 6.07) is 5.82. The van der Waals surface area contributed by atoms with Gasteiger partial charge < -0.3 is 10.8 Å². The summed E-state index contributed by atoms with van der Waals surface area (Å²) >= 11 is 0. The number of phenolic OH excluding ortho intramolecular Hbond substituents is 1. The molecule has 1 fully saturated rings. The van der Waals surface area contributed by atoms with E-state index >= 15 is 0 Å². The van der Waals surface area contributed by atoms with Crippen molar-refractivity contribution < 1.29 is 5.11 Å². The van der Waals surface area contributed by atoms with Crippen molar-refractivity contribution in [1.29, 1.82) is 0 Å². The van der Waals surface area contributed by atoms with Crippen LogP contribution in [0.25, 0.3) is 0 Å². The van der Waals surface area contributed by atoms with E-state index in [1.165, 1.54) is 5.56 Å². The molecule has 0 unspecified atom stereocenters. The van der Waals surface area contributed by atoms with Crippen LogP contribution in [0.2, 0.25) is 0 Å². The minimum absolute atomic E-state index is 0.0240. The first-order valence-corrected chi connectivity index (χ1v) is 5.23. The van der Waals surface area contributed by atoms with Gasteiger partial charge in [0, 0.05) is 5.54 Å². The first kappa shape index (κ1) is 9.53. The number of aryl methyl sites for hydroxylation is 1. The second-order valence-electron chi connectivity index (χ2n) is 4.36. The molecular weight excluding hydrogens is 174 g/mol. The Balaban J connectivity index is 2.22. The van der Waals surface area contributed by atoms with Crippen molar-refractivity contribution in [1.82, 2.24) is 0 Å². The van der Waals surface area contributed by atoms with Gasteiger partial charge in [0.1, 0.15) is 5.75 Å². The number of rotatable bonds is 3. The van der Waals surface area contributed by atoms with Crippen LogP contribution in [0, 0.1) is 0 Å². The highest BCUT2D eigenvalue weighted by molar-refractivity contribution is 5.38. The smallest absolute Gasteiger partial charge is 0.118 e. The molecule has 2 nitrogen and oxygen atoms in total. The molecule has 2 rings (SSSR count). The van der Waals surface area contributed by atoms with Gasteiger partial charge in [-0.15, -0.1) is 0 Å². The number of phenols is 1. The maximum absolute atomic E-state index is 9.67. The first-order chi connectivity index (χ1) is 6.63. The molecule has 1 aliphatic rings. The number of nitrogens with two attached hydrogens (primary N) is 1. The Kier molecular flexibility index (Phi) is 2.23. The lowest BCUT2D eigenvalue weighted by Crippen LogP contribution is -2.24. The molecule has 0 heterocycles. The Labute approximate surface area is 84.7 Å². The van der Waals surface area contributed by atoms with Gasteiger partial charge in [-0.2, -0.15) is 0 Å². The predicted molar refractivity (Wildman–Crippen MR) is 57.3 cm³/mol. The van der Waals surface area contributed by atoms with Gasteiger partial charge in [0.2, 0.25) is 0 Å². The zero-order valence-corrected chi connectivity index (χ0v) is 8.59. The van der Waals surface area contributed by atoms with Crippen LogP contribution in [0.15, 0.2) is 18.2 Å². The Morgan fingerprint density at radius 1 is 1.43 bits per heavy atom. The van der Waals surface area contributed by atoms with E-state index in [0.29, 0.717) is 5.75 Å². The summed E-state index contributed by atoms with van der Waals surface area (Å²) in [7, 11) is 0. The average Bonchev–Trinajstić information content (AvgIpc) is 2.88. The van der Waals surface area contributed by atoms with Crippen molar-refractivity contribution >= 4 is 0 Å². The zero-order valence-electron chi connectivity index (χ0n) is 8.59. The van der Waals surface area contributed by atoms with Crippen LogP contribution in [0.3, 0.4) is 0 Å². The van der Waals surface area contributed by atoms with Crippen molar-refractivity contribution in [2.45, 2.75) is 38.1 Å². The lowest BCUT2D eigenvalue weighted by molar-refractivity contribution is 0.463. The molecule has 0 spiro atoms. The minimum atomic E-state index is -0.0240. The van der Waals surface area contributed by atoms with E-state index in [2.05, 4.69) is 13.0 Å². The third-order valence-electron chi connectivity index (χ3n) is 2.99. The molecule has 0 amide bonds. The van der Waals surface area contributed by atoms with Crippen LogP contribution in [0.4, 0.5) is 0 Å². The Hall–Kier alpha value is -1.02. The fourth-order valence-electron chi connectivity index (χ4n) is 1.72. The molecule has 0 bridgehead atoms.